The number of carbonyl (C=O) groups excluding carboxylic acids is 1. The number of carbonyl (C=O) groups is 1. The van der Waals surface area contributed by atoms with Crippen molar-refractivity contribution in [1.82, 2.24) is 10.3 Å². The number of aromatic hydroxyl groups is 1. The summed E-state index contributed by atoms with van der Waals surface area (Å²) in [6.07, 6.45) is 1.81. The Morgan fingerprint density at radius 3 is 2.60 bits per heavy atom. The molecular formula is C24H23N3O3. The Hall–Kier alpha value is -3.64. The summed E-state index contributed by atoms with van der Waals surface area (Å²) in [5, 5.41) is 14.6. The van der Waals surface area contributed by atoms with Crippen molar-refractivity contribution in [3.8, 4) is 5.75 Å². The molecule has 30 heavy (non-hydrogen) atoms. The molecule has 6 nitrogen and oxygen atoms in total. The van der Waals surface area contributed by atoms with Gasteiger partial charge in [0.2, 0.25) is 5.89 Å². The lowest BCUT2D eigenvalue weighted by atomic mass is 10.0. The van der Waals surface area contributed by atoms with Crippen LogP contribution in [0.4, 0.5) is 0 Å². The molecule has 2 unspecified atom stereocenters. The minimum Gasteiger partial charge on any atom is -0.508 e. The maximum atomic E-state index is 12.6. The number of rotatable bonds is 6. The normalized spacial score (nSPS) is 13.1. The molecule has 152 valence electrons. The number of aromatic nitrogens is 1. The number of nitrogens with one attached hydrogen (secondary N) is 1. The first kappa shape index (κ1) is 19.7. The Balaban J connectivity index is 1.42. The van der Waals surface area contributed by atoms with Gasteiger partial charge in [-0.25, -0.2) is 4.98 Å². The molecule has 4 rings (SSSR count). The number of oxazole rings is 1. The third-order valence-corrected chi connectivity index (χ3v) is 5.08. The number of fused-ring (bicyclic) bond motifs is 1. The molecule has 0 aliphatic carbocycles. The minimum atomic E-state index is -0.492. The zero-order chi connectivity index (χ0) is 21.1. The van der Waals surface area contributed by atoms with Crippen LogP contribution < -0.4 is 11.1 Å². The Labute approximate surface area is 174 Å². The molecule has 0 aliphatic rings. The summed E-state index contributed by atoms with van der Waals surface area (Å²) in [6, 6.07) is 20.3. The summed E-state index contributed by atoms with van der Waals surface area (Å²) in [7, 11) is 0. The molecule has 3 aromatic carbocycles. The third kappa shape index (κ3) is 4.34. The van der Waals surface area contributed by atoms with E-state index in [1.165, 1.54) is 6.26 Å². The first-order valence-electron chi connectivity index (χ1n) is 9.78. The molecule has 0 aliphatic heterocycles. The van der Waals surface area contributed by atoms with Crippen LogP contribution in [0.1, 0.15) is 46.5 Å². The first-order chi connectivity index (χ1) is 14.5. The number of amides is 1. The molecule has 4 aromatic rings. The summed E-state index contributed by atoms with van der Waals surface area (Å²) in [6.45, 7) is 1.93. The third-order valence-electron chi connectivity index (χ3n) is 5.08. The van der Waals surface area contributed by atoms with E-state index in [4.69, 9.17) is 10.2 Å². The molecule has 0 spiro atoms. The summed E-state index contributed by atoms with van der Waals surface area (Å²) in [5.74, 6) is 0.178. The van der Waals surface area contributed by atoms with Crippen molar-refractivity contribution < 1.29 is 14.3 Å². The van der Waals surface area contributed by atoms with Crippen LogP contribution in [0, 0.1) is 0 Å². The largest absolute Gasteiger partial charge is 0.508 e. The Kier molecular flexibility index (Phi) is 5.50. The molecule has 2 atom stereocenters. The second-order valence-electron chi connectivity index (χ2n) is 7.35. The van der Waals surface area contributed by atoms with E-state index in [0.717, 1.165) is 21.9 Å². The summed E-state index contributed by atoms with van der Waals surface area (Å²) in [4.78, 5) is 16.9. The molecule has 0 saturated heterocycles. The van der Waals surface area contributed by atoms with Crippen LogP contribution >= 0.6 is 0 Å². The van der Waals surface area contributed by atoms with E-state index in [1.807, 2.05) is 37.3 Å². The van der Waals surface area contributed by atoms with E-state index < -0.39 is 6.04 Å². The molecule has 1 amide bonds. The van der Waals surface area contributed by atoms with Gasteiger partial charge >= 0.3 is 0 Å². The molecule has 6 heteroatoms. The monoisotopic (exact) mass is 401 g/mol. The van der Waals surface area contributed by atoms with Crippen LogP contribution in [0.15, 0.2) is 77.4 Å². The van der Waals surface area contributed by atoms with E-state index >= 15 is 0 Å². The average Bonchev–Trinajstić information content (AvgIpc) is 3.25. The second kappa shape index (κ2) is 8.39. The molecule has 0 fully saturated rings. The van der Waals surface area contributed by atoms with Crippen molar-refractivity contribution in [2.24, 2.45) is 5.73 Å². The number of nitrogens with zero attached hydrogens (tertiary/aromatic N) is 1. The number of hydrogen-bond acceptors (Lipinski definition) is 5. The van der Waals surface area contributed by atoms with Crippen molar-refractivity contribution in [1.29, 1.82) is 0 Å². The van der Waals surface area contributed by atoms with Crippen LogP contribution in [0.3, 0.4) is 0 Å². The zero-order valence-electron chi connectivity index (χ0n) is 16.6. The number of phenols is 1. The molecule has 1 aromatic heterocycles. The van der Waals surface area contributed by atoms with E-state index in [-0.39, 0.29) is 23.4 Å². The summed E-state index contributed by atoms with van der Waals surface area (Å²) < 4.78 is 5.44. The lowest BCUT2D eigenvalue weighted by molar-refractivity contribution is 0.0935. The van der Waals surface area contributed by atoms with Crippen LogP contribution in [0.25, 0.3) is 10.8 Å². The molecular weight excluding hydrogens is 378 g/mol. The average molecular weight is 401 g/mol. The van der Waals surface area contributed by atoms with E-state index in [1.54, 1.807) is 24.3 Å². The van der Waals surface area contributed by atoms with Crippen LogP contribution in [-0.4, -0.2) is 16.0 Å². The number of hydrogen-bond donors (Lipinski definition) is 3. The van der Waals surface area contributed by atoms with Gasteiger partial charge in [-0.3, -0.25) is 4.79 Å². The van der Waals surface area contributed by atoms with Crippen molar-refractivity contribution in [3.63, 3.8) is 0 Å². The minimum absolute atomic E-state index is 0.187. The molecule has 0 saturated carbocycles. The quantitative estimate of drug-likeness (QED) is 0.448. The summed E-state index contributed by atoms with van der Waals surface area (Å²) in [5.41, 5.74) is 8.31. The summed E-state index contributed by atoms with van der Waals surface area (Å²) >= 11 is 0. The van der Waals surface area contributed by atoms with E-state index in [0.29, 0.717) is 12.3 Å². The van der Waals surface area contributed by atoms with Gasteiger partial charge < -0.3 is 20.6 Å². The predicted molar refractivity (Wildman–Crippen MR) is 115 cm³/mol. The van der Waals surface area contributed by atoms with Gasteiger partial charge in [0.25, 0.3) is 5.91 Å². The van der Waals surface area contributed by atoms with Gasteiger partial charge in [-0.05, 0) is 53.4 Å². The molecule has 1 heterocycles. The fourth-order valence-corrected chi connectivity index (χ4v) is 3.37. The maximum absolute atomic E-state index is 12.6. The lowest BCUT2D eigenvalue weighted by Crippen LogP contribution is -2.27. The van der Waals surface area contributed by atoms with Gasteiger partial charge in [-0.1, -0.05) is 48.5 Å². The van der Waals surface area contributed by atoms with Crippen LogP contribution in [0.2, 0.25) is 0 Å². The lowest BCUT2D eigenvalue weighted by Gasteiger charge is -2.14. The highest BCUT2D eigenvalue weighted by atomic mass is 16.3. The van der Waals surface area contributed by atoms with Crippen LogP contribution in [-0.2, 0) is 6.42 Å². The first-order valence-corrected chi connectivity index (χ1v) is 9.78. The van der Waals surface area contributed by atoms with Crippen molar-refractivity contribution in [2.45, 2.75) is 25.4 Å². The van der Waals surface area contributed by atoms with Gasteiger partial charge in [0.15, 0.2) is 5.69 Å². The predicted octanol–water partition coefficient (Wildman–Crippen LogP) is 4.27. The Bertz CT molecular complexity index is 1170. The number of nitrogens with two attached hydrogens (primary N) is 1. The van der Waals surface area contributed by atoms with E-state index in [2.05, 4.69) is 22.4 Å². The highest BCUT2D eigenvalue weighted by molar-refractivity contribution is 5.92. The maximum Gasteiger partial charge on any atom is 0.273 e. The molecule has 0 bridgehead atoms. The second-order valence-corrected chi connectivity index (χ2v) is 7.35. The zero-order valence-corrected chi connectivity index (χ0v) is 16.6. The number of benzene rings is 3. The fourth-order valence-electron chi connectivity index (χ4n) is 3.37. The Morgan fingerprint density at radius 2 is 1.83 bits per heavy atom. The molecule has 0 radical (unpaired) electrons. The Morgan fingerprint density at radius 1 is 1.10 bits per heavy atom. The van der Waals surface area contributed by atoms with Gasteiger partial charge in [0, 0.05) is 0 Å². The van der Waals surface area contributed by atoms with Gasteiger partial charge in [-0.2, -0.15) is 0 Å². The SMILES string of the molecule is CC(NC(=O)c1coc(C(N)Cc2ccc(O)cc2)n1)c1ccc2ccccc2c1. The van der Waals surface area contributed by atoms with Gasteiger partial charge in [0.05, 0.1) is 12.1 Å². The number of phenolic OH excluding ortho intramolecular Hbond substituents is 1. The van der Waals surface area contributed by atoms with Crippen molar-refractivity contribution >= 4 is 16.7 Å². The highest BCUT2D eigenvalue weighted by Crippen LogP contribution is 2.21. The van der Waals surface area contributed by atoms with Crippen molar-refractivity contribution in [2.75, 3.05) is 0 Å². The highest BCUT2D eigenvalue weighted by Gasteiger charge is 2.19. The standard InChI is InChI=1S/C24H23N3O3/c1-15(18-9-8-17-4-2-3-5-19(17)13-18)26-23(29)22-14-30-24(27-22)21(25)12-16-6-10-20(28)11-7-16/h2-11,13-15,21,28H,12,25H2,1H3,(H,26,29). The topological polar surface area (TPSA) is 101 Å². The van der Waals surface area contributed by atoms with E-state index in [9.17, 15) is 9.90 Å². The smallest absolute Gasteiger partial charge is 0.273 e. The van der Waals surface area contributed by atoms with Gasteiger partial charge in [0.1, 0.15) is 12.0 Å². The van der Waals surface area contributed by atoms with Crippen molar-refractivity contribution in [3.05, 3.63) is 95.7 Å². The fraction of sp³-hybridized carbons (Fsp3) is 0.167. The molecule has 4 N–H and O–H groups in total. The van der Waals surface area contributed by atoms with Gasteiger partial charge in [-0.15, -0.1) is 0 Å². The van der Waals surface area contributed by atoms with Crippen LogP contribution in [0.5, 0.6) is 5.75 Å².